The zero-order valence-electron chi connectivity index (χ0n) is 13.8. The standard InChI is InChI=1S/C17H17N5O2S/c1-12(23)14-5-7-15(8-6-14)18-16(24)11-21-17(25)22(13(2)19-21)20-9-3-4-10-20/h3-10H,11H2,1-2H3,(H,18,24). The van der Waals surface area contributed by atoms with E-state index in [1.54, 1.807) is 33.6 Å². The molecule has 0 aliphatic heterocycles. The number of anilines is 1. The number of benzene rings is 1. The van der Waals surface area contributed by atoms with Crippen LogP contribution in [-0.2, 0) is 11.3 Å². The molecule has 3 aromatic rings. The molecular formula is C17H17N5O2S. The number of aromatic nitrogens is 4. The molecule has 8 heteroatoms. The van der Waals surface area contributed by atoms with Crippen LogP contribution in [0.1, 0.15) is 23.1 Å². The predicted molar refractivity (Wildman–Crippen MR) is 96.1 cm³/mol. The van der Waals surface area contributed by atoms with Crippen molar-refractivity contribution in [2.75, 3.05) is 5.32 Å². The third-order valence-electron chi connectivity index (χ3n) is 3.66. The minimum Gasteiger partial charge on any atom is -0.324 e. The van der Waals surface area contributed by atoms with Crippen LogP contribution in [0.15, 0.2) is 48.8 Å². The van der Waals surface area contributed by atoms with Gasteiger partial charge in [0.05, 0.1) is 0 Å². The van der Waals surface area contributed by atoms with Crippen molar-refractivity contribution in [3.8, 4) is 0 Å². The van der Waals surface area contributed by atoms with Crippen molar-refractivity contribution in [1.82, 2.24) is 19.1 Å². The van der Waals surface area contributed by atoms with Gasteiger partial charge in [-0.15, -0.1) is 0 Å². The number of rotatable bonds is 5. The van der Waals surface area contributed by atoms with Gasteiger partial charge in [0.1, 0.15) is 12.4 Å². The maximum Gasteiger partial charge on any atom is 0.246 e. The van der Waals surface area contributed by atoms with Crippen LogP contribution < -0.4 is 5.32 Å². The van der Waals surface area contributed by atoms with E-state index in [4.69, 9.17) is 12.2 Å². The second kappa shape index (κ2) is 6.86. The quantitative estimate of drug-likeness (QED) is 0.564. The highest BCUT2D eigenvalue weighted by Gasteiger charge is 2.12. The molecule has 128 valence electrons. The highest BCUT2D eigenvalue weighted by Crippen LogP contribution is 2.10. The Balaban J connectivity index is 1.74. The number of carbonyl (C=O) groups excluding carboxylic acids is 2. The molecule has 2 aromatic heterocycles. The van der Waals surface area contributed by atoms with Crippen LogP contribution in [0.3, 0.4) is 0 Å². The number of hydrogen-bond donors (Lipinski definition) is 1. The van der Waals surface area contributed by atoms with Gasteiger partial charge in [-0.05, 0) is 62.5 Å². The molecule has 1 aromatic carbocycles. The Morgan fingerprint density at radius 3 is 2.40 bits per heavy atom. The molecule has 0 atom stereocenters. The molecule has 2 heterocycles. The molecule has 0 aliphatic rings. The van der Waals surface area contributed by atoms with E-state index >= 15 is 0 Å². The van der Waals surface area contributed by atoms with E-state index < -0.39 is 0 Å². The van der Waals surface area contributed by atoms with Crippen LogP contribution in [0, 0.1) is 11.7 Å². The van der Waals surface area contributed by atoms with Crippen LogP contribution in [-0.4, -0.2) is 30.8 Å². The molecule has 0 aliphatic carbocycles. The van der Waals surface area contributed by atoms with Crippen LogP contribution in [0.5, 0.6) is 0 Å². The van der Waals surface area contributed by atoms with Crippen molar-refractivity contribution in [1.29, 1.82) is 0 Å². The first kappa shape index (κ1) is 16.8. The molecule has 0 spiro atoms. The Bertz CT molecular complexity index is 968. The molecule has 3 rings (SSSR count). The van der Waals surface area contributed by atoms with Crippen molar-refractivity contribution >= 4 is 29.6 Å². The van der Waals surface area contributed by atoms with E-state index in [1.165, 1.54) is 11.6 Å². The van der Waals surface area contributed by atoms with Gasteiger partial charge in [0, 0.05) is 23.6 Å². The van der Waals surface area contributed by atoms with Crippen LogP contribution in [0.4, 0.5) is 5.69 Å². The summed E-state index contributed by atoms with van der Waals surface area (Å²) < 4.78 is 5.45. The average molecular weight is 355 g/mol. The lowest BCUT2D eigenvalue weighted by atomic mass is 10.1. The Hall–Kier alpha value is -3.00. The SMILES string of the molecule is CC(=O)c1ccc(NC(=O)Cn2nc(C)n(-n3cccc3)c2=S)cc1. The van der Waals surface area contributed by atoms with Gasteiger partial charge < -0.3 is 5.32 Å². The average Bonchev–Trinajstić information content (AvgIpc) is 3.16. The molecular weight excluding hydrogens is 338 g/mol. The number of nitrogens with one attached hydrogen (secondary N) is 1. The number of carbonyl (C=O) groups is 2. The van der Waals surface area contributed by atoms with Crippen LogP contribution >= 0.6 is 12.2 Å². The summed E-state index contributed by atoms with van der Waals surface area (Å²) in [6, 6.07) is 10.5. The number of Topliss-reactive ketones (excluding diaryl/α,β-unsaturated/α-hetero) is 1. The maximum atomic E-state index is 12.3. The monoisotopic (exact) mass is 355 g/mol. The smallest absolute Gasteiger partial charge is 0.246 e. The fourth-order valence-corrected chi connectivity index (χ4v) is 2.79. The van der Waals surface area contributed by atoms with Gasteiger partial charge >= 0.3 is 0 Å². The molecule has 1 N–H and O–H groups in total. The number of aryl methyl sites for hydroxylation is 1. The molecule has 0 unspecified atom stereocenters. The summed E-state index contributed by atoms with van der Waals surface area (Å²) >= 11 is 5.41. The Morgan fingerprint density at radius 2 is 1.80 bits per heavy atom. The van der Waals surface area contributed by atoms with Crippen molar-refractivity contribution < 1.29 is 9.59 Å². The minimum atomic E-state index is -0.246. The fourth-order valence-electron chi connectivity index (χ4n) is 2.46. The van der Waals surface area contributed by atoms with Crippen molar-refractivity contribution in [3.05, 3.63) is 65.0 Å². The van der Waals surface area contributed by atoms with Gasteiger partial charge in [0.15, 0.2) is 5.78 Å². The topological polar surface area (TPSA) is 73.8 Å². The Kier molecular flexibility index (Phi) is 4.62. The second-order valence-electron chi connectivity index (χ2n) is 5.54. The molecule has 0 bridgehead atoms. The molecule has 25 heavy (non-hydrogen) atoms. The summed E-state index contributed by atoms with van der Waals surface area (Å²) in [4.78, 5) is 23.5. The second-order valence-corrected chi connectivity index (χ2v) is 5.91. The number of ketones is 1. The third kappa shape index (κ3) is 3.58. The first-order chi connectivity index (χ1) is 12.0. The summed E-state index contributed by atoms with van der Waals surface area (Å²) in [5.41, 5.74) is 1.21. The van der Waals surface area contributed by atoms with Crippen molar-refractivity contribution in [2.24, 2.45) is 0 Å². The van der Waals surface area contributed by atoms with Gasteiger partial charge in [-0.25, -0.2) is 9.36 Å². The number of amides is 1. The highest BCUT2D eigenvalue weighted by molar-refractivity contribution is 7.71. The molecule has 0 fully saturated rings. The largest absolute Gasteiger partial charge is 0.324 e. The lowest BCUT2D eigenvalue weighted by Gasteiger charge is -2.06. The van der Waals surface area contributed by atoms with E-state index in [0.717, 1.165) is 0 Å². The molecule has 0 saturated carbocycles. The summed E-state index contributed by atoms with van der Waals surface area (Å²) in [5, 5.41) is 7.11. The van der Waals surface area contributed by atoms with E-state index in [0.29, 0.717) is 21.8 Å². The van der Waals surface area contributed by atoms with E-state index in [9.17, 15) is 9.59 Å². The summed E-state index contributed by atoms with van der Waals surface area (Å²) in [6.45, 7) is 3.33. The van der Waals surface area contributed by atoms with Gasteiger partial charge in [-0.3, -0.25) is 14.3 Å². The van der Waals surface area contributed by atoms with Crippen molar-refractivity contribution in [3.63, 3.8) is 0 Å². The normalized spacial score (nSPS) is 10.6. The van der Waals surface area contributed by atoms with Crippen molar-refractivity contribution in [2.45, 2.75) is 20.4 Å². The fraction of sp³-hybridized carbons (Fsp3) is 0.176. The molecule has 0 radical (unpaired) electrons. The van der Waals surface area contributed by atoms with Gasteiger partial charge in [0.2, 0.25) is 10.7 Å². The Morgan fingerprint density at radius 1 is 1.16 bits per heavy atom. The molecule has 7 nitrogen and oxygen atoms in total. The molecule has 1 amide bonds. The predicted octanol–water partition coefficient (Wildman–Crippen LogP) is 2.68. The van der Waals surface area contributed by atoms with Crippen LogP contribution in [0.25, 0.3) is 0 Å². The van der Waals surface area contributed by atoms with Gasteiger partial charge in [-0.1, -0.05) is 0 Å². The zero-order valence-corrected chi connectivity index (χ0v) is 14.7. The third-order valence-corrected chi connectivity index (χ3v) is 4.05. The lowest BCUT2D eigenvalue weighted by molar-refractivity contribution is -0.116. The summed E-state index contributed by atoms with van der Waals surface area (Å²) in [6.07, 6.45) is 3.71. The van der Waals surface area contributed by atoms with Gasteiger partial charge in [0.25, 0.3) is 0 Å². The Labute approximate surface area is 149 Å². The number of nitrogens with zero attached hydrogens (tertiary/aromatic N) is 4. The van der Waals surface area contributed by atoms with Gasteiger partial charge in [-0.2, -0.15) is 5.10 Å². The van der Waals surface area contributed by atoms with E-state index in [1.807, 2.05) is 31.5 Å². The maximum absolute atomic E-state index is 12.3. The summed E-state index contributed by atoms with van der Waals surface area (Å²) in [7, 11) is 0. The summed E-state index contributed by atoms with van der Waals surface area (Å²) in [5.74, 6) is 0.416. The first-order valence-corrected chi connectivity index (χ1v) is 8.07. The first-order valence-electron chi connectivity index (χ1n) is 7.66. The lowest BCUT2D eigenvalue weighted by Crippen LogP contribution is -2.20. The van der Waals surface area contributed by atoms with Crippen LogP contribution in [0.2, 0.25) is 0 Å². The van der Waals surface area contributed by atoms with E-state index in [2.05, 4.69) is 10.4 Å². The molecule has 0 saturated heterocycles. The minimum absolute atomic E-state index is 0.00238. The van der Waals surface area contributed by atoms with E-state index in [-0.39, 0.29) is 18.2 Å². The highest BCUT2D eigenvalue weighted by atomic mass is 32.1. The number of hydrogen-bond acceptors (Lipinski definition) is 4. The zero-order chi connectivity index (χ0) is 18.0.